The van der Waals surface area contributed by atoms with Crippen molar-refractivity contribution in [2.75, 3.05) is 12.4 Å². The van der Waals surface area contributed by atoms with E-state index in [2.05, 4.69) is 20.5 Å². The summed E-state index contributed by atoms with van der Waals surface area (Å²) < 4.78 is 16.8. The maximum absolute atomic E-state index is 12.7. The van der Waals surface area contributed by atoms with Gasteiger partial charge in [-0.25, -0.2) is 0 Å². The molecule has 0 aliphatic heterocycles. The smallest absolute Gasteiger partial charge is 0.255 e. The number of halogens is 3. The third-order valence-corrected chi connectivity index (χ3v) is 5.25. The molecule has 168 valence electrons. The number of nitrogens with one attached hydrogen (secondary N) is 1. The number of carbonyl (C=O) groups is 1. The van der Waals surface area contributed by atoms with E-state index in [1.807, 2.05) is 0 Å². The Labute approximate surface area is 203 Å². The van der Waals surface area contributed by atoms with Gasteiger partial charge in [0, 0.05) is 28.5 Å². The van der Waals surface area contributed by atoms with Crippen LogP contribution in [0.25, 0.3) is 11.5 Å². The molecule has 2 aromatic carbocycles. The molecule has 2 heterocycles. The Morgan fingerprint density at radius 3 is 2.42 bits per heavy atom. The predicted molar refractivity (Wildman–Crippen MR) is 124 cm³/mol. The molecule has 0 saturated heterocycles. The molecular weight excluding hydrogens is 491 g/mol. The third-order valence-electron chi connectivity index (χ3n) is 4.43. The lowest BCUT2D eigenvalue weighted by Gasteiger charge is -2.12. The van der Waals surface area contributed by atoms with E-state index in [0.717, 1.165) is 5.56 Å². The fraction of sp³-hybridized carbons (Fsp3) is 0.0909. The van der Waals surface area contributed by atoms with Gasteiger partial charge in [-0.3, -0.25) is 9.78 Å². The summed E-state index contributed by atoms with van der Waals surface area (Å²) in [5.74, 6) is 0.858. The Morgan fingerprint density at radius 1 is 1.00 bits per heavy atom. The maximum Gasteiger partial charge on any atom is 0.255 e. The van der Waals surface area contributed by atoms with Crippen LogP contribution in [0.15, 0.2) is 59.3 Å². The minimum atomic E-state index is -0.444. The summed E-state index contributed by atoms with van der Waals surface area (Å²) in [5.41, 5.74) is 1.28. The number of anilines is 1. The van der Waals surface area contributed by atoms with Crippen LogP contribution >= 0.6 is 34.8 Å². The average molecular weight is 506 g/mol. The standard InChI is InChI=1S/C22H15Cl3N4O4/c1-31-17-7-4-13(21(30)27-20-15(24)9-26-10-16(20)25)8-18(17)32-11-19-28-29-22(33-19)12-2-5-14(23)6-3-12/h2-10H,11H2,1H3,(H,26,27,30). The van der Waals surface area contributed by atoms with Crippen molar-refractivity contribution in [3.8, 4) is 23.0 Å². The zero-order chi connectivity index (χ0) is 23.4. The number of benzene rings is 2. The highest BCUT2D eigenvalue weighted by Crippen LogP contribution is 2.32. The molecule has 1 amide bonds. The molecule has 2 aromatic heterocycles. The van der Waals surface area contributed by atoms with Crippen LogP contribution in [0.5, 0.6) is 11.5 Å². The van der Waals surface area contributed by atoms with E-state index in [9.17, 15) is 4.79 Å². The summed E-state index contributed by atoms with van der Waals surface area (Å²) in [4.78, 5) is 16.6. The lowest BCUT2D eigenvalue weighted by molar-refractivity contribution is 0.102. The third kappa shape index (κ3) is 5.36. The Kier molecular flexibility index (Phi) is 6.98. The molecule has 0 fully saturated rings. The lowest BCUT2D eigenvalue weighted by Crippen LogP contribution is -2.13. The van der Waals surface area contributed by atoms with Crippen molar-refractivity contribution in [2.24, 2.45) is 0 Å². The molecule has 33 heavy (non-hydrogen) atoms. The van der Waals surface area contributed by atoms with Gasteiger partial charge in [-0.05, 0) is 42.5 Å². The van der Waals surface area contributed by atoms with Crippen LogP contribution in [0.4, 0.5) is 5.69 Å². The Hall–Kier alpha value is -3.33. The van der Waals surface area contributed by atoms with Crippen LogP contribution in [0.1, 0.15) is 16.2 Å². The SMILES string of the molecule is COc1ccc(C(=O)Nc2c(Cl)cncc2Cl)cc1OCc1nnc(-c2ccc(Cl)cc2)o1. The number of aromatic nitrogens is 3. The molecule has 0 saturated carbocycles. The fourth-order valence-corrected chi connectivity index (χ4v) is 3.39. The summed E-state index contributed by atoms with van der Waals surface area (Å²) in [6, 6.07) is 11.7. The van der Waals surface area contributed by atoms with Crippen molar-refractivity contribution in [1.82, 2.24) is 15.2 Å². The fourth-order valence-electron chi connectivity index (χ4n) is 2.81. The highest BCUT2D eigenvalue weighted by Gasteiger charge is 2.16. The Morgan fingerprint density at radius 2 is 1.73 bits per heavy atom. The van der Waals surface area contributed by atoms with Crippen LogP contribution in [0.2, 0.25) is 15.1 Å². The Balaban J connectivity index is 1.49. The minimum Gasteiger partial charge on any atom is -0.493 e. The second-order valence-electron chi connectivity index (χ2n) is 6.59. The van der Waals surface area contributed by atoms with Crippen LogP contribution in [-0.4, -0.2) is 28.2 Å². The van der Waals surface area contributed by atoms with E-state index in [0.29, 0.717) is 28.0 Å². The number of ether oxygens (including phenoxy) is 2. The molecule has 0 spiro atoms. The van der Waals surface area contributed by atoms with E-state index in [4.69, 9.17) is 48.7 Å². The zero-order valence-electron chi connectivity index (χ0n) is 17.0. The molecule has 4 rings (SSSR count). The molecule has 11 heteroatoms. The Bertz CT molecular complexity index is 1280. The van der Waals surface area contributed by atoms with Gasteiger partial charge >= 0.3 is 0 Å². The largest absolute Gasteiger partial charge is 0.493 e. The molecular formula is C22H15Cl3N4O4. The molecule has 0 unspecified atom stereocenters. The number of pyridine rings is 1. The van der Waals surface area contributed by atoms with Crippen molar-refractivity contribution in [1.29, 1.82) is 0 Å². The van der Waals surface area contributed by atoms with E-state index in [1.165, 1.54) is 25.6 Å². The van der Waals surface area contributed by atoms with Crippen molar-refractivity contribution >= 4 is 46.4 Å². The molecule has 0 radical (unpaired) electrons. The number of hydrogen-bond donors (Lipinski definition) is 1. The van der Waals surface area contributed by atoms with E-state index in [-0.39, 0.29) is 28.2 Å². The van der Waals surface area contributed by atoms with E-state index in [1.54, 1.807) is 36.4 Å². The van der Waals surface area contributed by atoms with Gasteiger partial charge in [0.25, 0.3) is 11.8 Å². The second-order valence-corrected chi connectivity index (χ2v) is 7.85. The number of methoxy groups -OCH3 is 1. The number of rotatable bonds is 7. The molecule has 0 aliphatic rings. The second kappa shape index (κ2) is 10.1. The van der Waals surface area contributed by atoms with Gasteiger partial charge in [-0.1, -0.05) is 34.8 Å². The van der Waals surface area contributed by atoms with Gasteiger partial charge in [-0.15, -0.1) is 10.2 Å². The van der Waals surface area contributed by atoms with Crippen LogP contribution < -0.4 is 14.8 Å². The molecule has 8 nitrogen and oxygen atoms in total. The number of nitrogens with zero attached hydrogens (tertiary/aromatic N) is 3. The highest BCUT2D eigenvalue weighted by molar-refractivity contribution is 6.39. The summed E-state index contributed by atoms with van der Waals surface area (Å²) in [6.07, 6.45) is 2.77. The molecule has 1 N–H and O–H groups in total. The van der Waals surface area contributed by atoms with Gasteiger partial charge in [-0.2, -0.15) is 0 Å². The first-order valence-corrected chi connectivity index (χ1v) is 10.6. The topological polar surface area (TPSA) is 99.4 Å². The first-order valence-electron chi connectivity index (χ1n) is 9.44. The number of carbonyl (C=O) groups excluding carboxylic acids is 1. The van der Waals surface area contributed by atoms with Crippen molar-refractivity contribution < 1.29 is 18.7 Å². The summed E-state index contributed by atoms with van der Waals surface area (Å²) in [6.45, 7) is -0.0377. The van der Waals surface area contributed by atoms with E-state index < -0.39 is 5.91 Å². The molecule has 0 bridgehead atoms. The average Bonchev–Trinajstić information content (AvgIpc) is 3.29. The quantitative estimate of drug-likeness (QED) is 0.332. The summed E-state index contributed by atoms with van der Waals surface area (Å²) in [5, 5.41) is 11.7. The minimum absolute atomic E-state index is 0.0377. The van der Waals surface area contributed by atoms with Gasteiger partial charge in [0.15, 0.2) is 18.1 Å². The predicted octanol–water partition coefficient (Wildman–Crippen LogP) is 5.93. The molecule has 0 aliphatic carbocycles. The zero-order valence-corrected chi connectivity index (χ0v) is 19.3. The van der Waals surface area contributed by atoms with Crippen molar-refractivity contribution in [2.45, 2.75) is 6.61 Å². The molecule has 0 atom stereocenters. The van der Waals surface area contributed by atoms with Crippen LogP contribution in [-0.2, 0) is 6.61 Å². The van der Waals surface area contributed by atoms with Gasteiger partial charge < -0.3 is 19.2 Å². The molecule has 4 aromatic rings. The summed E-state index contributed by atoms with van der Waals surface area (Å²) in [7, 11) is 1.49. The first kappa shape index (κ1) is 22.8. The normalized spacial score (nSPS) is 10.7. The monoisotopic (exact) mass is 504 g/mol. The highest BCUT2D eigenvalue weighted by atomic mass is 35.5. The van der Waals surface area contributed by atoms with Gasteiger partial charge in [0.05, 0.1) is 22.8 Å². The van der Waals surface area contributed by atoms with Crippen LogP contribution in [0, 0.1) is 0 Å². The lowest BCUT2D eigenvalue weighted by atomic mass is 10.2. The van der Waals surface area contributed by atoms with Crippen molar-refractivity contribution in [3.05, 3.63) is 81.4 Å². The summed E-state index contributed by atoms with van der Waals surface area (Å²) >= 11 is 18.1. The maximum atomic E-state index is 12.7. The first-order chi connectivity index (χ1) is 15.9. The number of hydrogen-bond acceptors (Lipinski definition) is 7. The van der Waals surface area contributed by atoms with Crippen LogP contribution in [0.3, 0.4) is 0 Å². The van der Waals surface area contributed by atoms with Gasteiger partial charge in [0.2, 0.25) is 5.89 Å². The van der Waals surface area contributed by atoms with Crippen molar-refractivity contribution in [3.63, 3.8) is 0 Å². The van der Waals surface area contributed by atoms with Gasteiger partial charge in [0.1, 0.15) is 0 Å². The van der Waals surface area contributed by atoms with E-state index >= 15 is 0 Å². The number of amides is 1.